The molecule has 0 aromatic carbocycles. The van der Waals surface area contributed by atoms with Crippen molar-refractivity contribution >= 4 is 5.97 Å². The molecule has 3 heteroatoms. The Morgan fingerprint density at radius 2 is 2.00 bits per heavy atom. The minimum absolute atomic E-state index is 0.311. The Bertz CT molecular complexity index is 234. The molecule has 1 aliphatic carbocycles. The molecule has 1 aliphatic rings. The van der Waals surface area contributed by atoms with E-state index in [-0.39, 0.29) is 0 Å². The molecule has 0 saturated heterocycles. The number of nitrogens with two attached hydrogens (primary N) is 1. The Balaban J connectivity index is 2.65. The molecule has 1 rings (SSSR count). The molecule has 2 atom stereocenters. The molecule has 16 heavy (non-hydrogen) atoms. The van der Waals surface area contributed by atoms with Gasteiger partial charge in [0.15, 0.2) is 0 Å². The summed E-state index contributed by atoms with van der Waals surface area (Å²) < 4.78 is 0. The van der Waals surface area contributed by atoms with Crippen LogP contribution in [0.2, 0.25) is 0 Å². The van der Waals surface area contributed by atoms with Gasteiger partial charge in [0.1, 0.15) is 0 Å². The van der Waals surface area contributed by atoms with Gasteiger partial charge in [-0.25, -0.2) is 0 Å². The van der Waals surface area contributed by atoms with Crippen molar-refractivity contribution in [2.75, 3.05) is 0 Å². The quantitative estimate of drug-likeness (QED) is 0.732. The van der Waals surface area contributed by atoms with E-state index in [1.54, 1.807) is 0 Å². The minimum Gasteiger partial charge on any atom is -0.481 e. The second kappa shape index (κ2) is 5.67. The van der Waals surface area contributed by atoms with Crippen molar-refractivity contribution in [3.8, 4) is 0 Å². The predicted molar refractivity (Wildman–Crippen MR) is 65.1 cm³/mol. The molecule has 0 heterocycles. The van der Waals surface area contributed by atoms with Crippen LogP contribution < -0.4 is 5.73 Å². The molecule has 0 radical (unpaired) electrons. The lowest BCUT2D eigenvalue weighted by Crippen LogP contribution is -2.43. The van der Waals surface area contributed by atoms with Crippen LogP contribution in [-0.2, 0) is 4.79 Å². The summed E-state index contributed by atoms with van der Waals surface area (Å²) in [5, 5.41) is 9.01. The SMILES string of the molecule is CCC(C(C)C)C(CC(=O)O)C1CC(N)C1. The topological polar surface area (TPSA) is 63.3 Å². The summed E-state index contributed by atoms with van der Waals surface area (Å²) in [4.78, 5) is 10.9. The van der Waals surface area contributed by atoms with E-state index in [9.17, 15) is 4.79 Å². The molecule has 1 fully saturated rings. The fraction of sp³-hybridized carbons (Fsp3) is 0.923. The Morgan fingerprint density at radius 3 is 2.31 bits per heavy atom. The van der Waals surface area contributed by atoms with E-state index in [2.05, 4.69) is 20.8 Å². The summed E-state index contributed by atoms with van der Waals surface area (Å²) >= 11 is 0. The first-order valence-electron chi connectivity index (χ1n) is 6.43. The predicted octanol–water partition coefficient (Wildman–Crippen LogP) is 2.50. The molecule has 3 N–H and O–H groups in total. The van der Waals surface area contributed by atoms with Gasteiger partial charge in [0, 0.05) is 12.5 Å². The van der Waals surface area contributed by atoms with Crippen LogP contribution in [0.4, 0.5) is 0 Å². The summed E-state index contributed by atoms with van der Waals surface area (Å²) in [6, 6.07) is 0.311. The summed E-state index contributed by atoms with van der Waals surface area (Å²) in [5.74, 6) is 1.28. The zero-order chi connectivity index (χ0) is 12.3. The van der Waals surface area contributed by atoms with Gasteiger partial charge in [-0.05, 0) is 36.5 Å². The number of rotatable bonds is 6. The second-order valence-corrected chi connectivity index (χ2v) is 5.57. The van der Waals surface area contributed by atoms with Crippen molar-refractivity contribution in [1.29, 1.82) is 0 Å². The summed E-state index contributed by atoms with van der Waals surface area (Å²) in [6.07, 6.45) is 3.41. The molecule has 94 valence electrons. The third-order valence-corrected chi connectivity index (χ3v) is 4.10. The van der Waals surface area contributed by atoms with Crippen LogP contribution in [0.5, 0.6) is 0 Å². The van der Waals surface area contributed by atoms with Gasteiger partial charge in [-0.1, -0.05) is 27.2 Å². The highest BCUT2D eigenvalue weighted by Crippen LogP contribution is 2.42. The van der Waals surface area contributed by atoms with Gasteiger partial charge in [-0.15, -0.1) is 0 Å². The zero-order valence-corrected chi connectivity index (χ0v) is 10.6. The van der Waals surface area contributed by atoms with Gasteiger partial charge in [-0.2, -0.15) is 0 Å². The lowest BCUT2D eigenvalue weighted by Gasteiger charge is -2.42. The van der Waals surface area contributed by atoms with Crippen LogP contribution in [0, 0.1) is 23.7 Å². The fourth-order valence-corrected chi connectivity index (χ4v) is 3.20. The van der Waals surface area contributed by atoms with Crippen molar-refractivity contribution < 1.29 is 9.90 Å². The Morgan fingerprint density at radius 1 is 1.44 bits per heavy atom. The summed E-state index contributed by atoms with van der Waals surface area (Å²) in [6.45, 7) is 6.56. The standard InChI is InChI=1S/C13H25NO2/c1-4-11(8(2)3)12(7-13(15)16)9-5-10(14)6-9/h8-12H,4-7,14H2,1-3H3,(H,15,16). The van der Waals surface area contributed by atoms with Gasteiger partial charge in [0.2, 0.25) is 0 Å². The van der Waals surface area contributed by atoms with Gasteiger partial charge in [0.05, 0.1) is 0 Å². The van der Waals surface area contributed by atoms with Crippen molar-refractivity contribution in [2.45, 2.75) is 52.5 Å². The minimum atomic E-state index is -0.662. The largest absolute Gasteiger partial charge is 0.481 e. The first-order valence-corrected chi connectivity index (χ1v) is 6.43. The molecule has 0 aliphatic heterocycles. The summed E-state index contributed by atoms with van der Waals surface area (Å²) in [7, 11) is 0. The second-order valence-electron chi connectivity index (χ2n) is 5.57. The molecule has 0 bridgehead atoms. The van der Waals surface area contributed by atoms with Crippen LogP contribution >= 0.6 is 0 Å². The van der Waals surface area contributed by atoms with Gasteiger partial charge in [-0.3, -0.25) is 4.79 Å². The Labute approximate surface area is 98.4 Å². The lowest BCUT2D eigenvalue weighted by atomic mass is 9.64. The third-order valence-electron chi connectivity index (χ3n) is 4.10. The van der Waals surface area contributed by atoms with E-state index in [1.165, 1.54) is 0 Å². The first-order chi connectivity index (χ1) is 7.45. The van der Waals surface area contributed by atoms with Gasteiger partial charge < -0.3 is 10.8 Å². The highest BCUT2D eigenvalue weighted by atomic mass is 16.4. The van der Waals surface area contributed by atoms with Gasteiger partial charge in [0.25, 0.3) is 0 Å². The van der Waals surface area contributed by atoms with E-state index < -0.39 is 5.97 Å². The molecule has 0 aromatic heterocycles. The monoisotopic (exact) mass is 227 g/mol. The summed E-state index contributed by atoms with van der Waals surface area (Å²) in [5.41, 5.74) is 5.81. The van der Waals surface area contributed by atoms with Crippen LogP contribution in [0.25, 0.3) is 0 Å². The fourth-order valence-electron chi connectivity index (χ4n) is 3.20. The molecular weight excluding hydrogens is 202 g/mol. The van der Waals surface area contributed by atoms with Gasteiger partial charge >= 0.3 is 5.97 Å². The van der Waals surface area contributed by atoms with Crippen LogP contribution in [0.15, 0.2) is 0 Å². The first kappa shape index (κ1) is 13.5. The average Bonchev–Trinajstić information content (AvgIpc) is 2.11. The number of carboxylic acids is 1. The van der Waals surface area contributed by atoms with E-state index in [1.807, 2.05) is 0 Å². The zero-order valence-electron chi connectivity index (χ0n) is 10.6. The molecule has 2 unspecified atom stereocenters. The van der Waals surface area contributed by atoms with Crippen molar-refractivity contribution in [3.63, 3.8) is 0 Å². The number of hydrogen-bond acceptors (Lipinski definition) is 2. The van der Waals surface area contributed by atoms with Crippen molar-refractivity contribution in [1.82, 2.24) is 0 Å². The normalized spacial score (nSPS) is 28.6. The molecular formula is C13H25NO2. The van der Waals surface area contributed by atoms with E-state index >= 15 is 0 Å². The van der Waals surface area contributed by atoms with E-state index in [0.717, 1.165) is 19.3 Å². The van der Waals surface area contributed by atoms with Crippen molar-refractivity contribution in [3.05, 3.63) is 0 Å². The maximum atomic E-state index is 10.9. The third kappa shape index (κ3) is 3.21. The van der Waals surface area contributed by atoms with Crippen LogP contribution in [-0.4, -0.2) is 17.1 Å². The average molecular weight is 227 g/mol. The van der Waals surface area contributed by atoms with Crippen LogP contribution in [0.3, 0.4) is 0 Å². The highest BCUT2D eigenvalue weighted by molar-refractivity contribution is 5.67. The maximum absolute atomic E-state index is 10.9. The molecule has 0 amide bonds. The van der Waals surface area contributed by atoms with Crippen LogP contribution in [0.1, 0.15) is 46.5 Å². The molecule has 1 saturated carbocycles. The highest BCUT2D eigenvalue weighted by Gasteiger charge is 2.38. The van der Waals surface area contributed by atoms with E-state index in [0.29, 0.717) is 36.1 Å². The number of hydrogen-bond donors (Lipinski definition) is 2. The van der Waals surface area contributed by atoms with Crippen molar-refractivity contribution in [2.24, 2.45) is 29.4 Å². The molecule has 3 nitrogen and oxygen atoms in total. The Kier molecular flexibility index (Phi) is 4.78. The smallest absolute Gasteiger partial charge is 0.303 e. The molecule has 0 aromatic rings. The number of aliphatic carboxylic acids is 1. The number of carboxylic acid groups (broad SMARTS) is 1. The maximum Gasteiger partial charge on any atom is 0.303 e. The Hall–Kier alpha value is -0.570. The molecule has 0 spiro atoms. The lowest BCUT2D eigenvalue weighted by molar-refractivity contribution is -0.140. The van der Waals surface area contributed by atoms with E-state index in [4.69, 9.17) is 10.8 Å². The number of carbonyl (C=O) groups is 1.